The number of anilines is 5. The Labute approximate surface area is 439 Å². The molecule has 0 fully saturated rings. The highest BCUT2D eigenvalue weighted by molar-refractivity contribution is 6.15. The van der Waals surface area contributed by atoms with Crippen LogP contribution < -0.4 is 9.80 Å². The average molecular weight is 967 g/mol. The molecule has 0 saturated heterocycles. The lowest BCUT2D eigenvalue weighted by molar-refractivity contribution is 0.660. The normalized spacial score (nSPS) is 17.1. The van der Waals surface area contributed by atoms with Crippen LogP contribution in [0.3, 0.4) is 0 Å². The summed E-state index contributed by atoms with van der Waals surface area (Å²) in [5.41, 5.74) is 26.0. The summed E-state index contributed by atoms with van der Waals surface area (Å²) < 4.78 is 7.01. The van der Waals surface area contributed by atoms with Crippen LogP contribution >= 0.6 is 0 Å². The molecule has 0 saturated carbocycles. The van der Waals surface area contributed by atoms with E-state index in [4.69, 9.17) is 4.42 Å². The molecule has 1 unspecified atom stereocenters. The lowest BCUT2D eigenvalue weighted by atomic mass is 9.82. The molecule has 5 aliphatic carbocycles. The lowest BCUT2D eigenvalue weighted by Gasteiger charge is -2.33. The van der Waals surface area contributed by atoms with Gasteiger partial charge in [0.15, 0.2) is 0 Å². The van der Waals surface area contributed by atoms with Crippen molar-refractivity contribution in [3.05, 3.63) is 250 Å². The highest BCUT2D eigenvalue weighted by Gasteiger charge is 2.38. The Balaban J connectivity index is 0.858. The van der Waals surface area contributed by atoms with Crippen LogP contribution in [-0.4, -0.2) is 0 Å². The second-order valence-electron chi connectivity index (χ2n) is 22.8. The van der Waals surface area contributed by atoms with E-state index < -0.39 is 0 Å². The van der Waals surface area contributed by atoms with Crippen molar-refractivity contribution < 1.29 is 4.42 Å². The van der Waals surface area contributed by atoms with E-state index in [-0.39, 0.29) is 10.8 Å². The standard InChI is InChI=1S/C72H58N2O/c1-43-59-41-69-61(37-49(59)25-33-67(43)73(51-27-23-45-15-7-9-17-47(45)35-51)53-29-31-57-55-19-11-13-21-63(55)71(3,4)65(57)39-53)62-38-50-26-34-68(44(2)60(50)42-70(62)75-69)74(52-28-24-46-16-8-10-18-48(46)36-52)54-30-32-58-56-20-12-14-22-64(56)72(5,6)66(58)40-54/h7-9,11-17,19-22,24-42,45H,10,18,23H2,1-6H3. The van der Waals surface area contributed by atoms with Gasteiger partial charge in [-0.15, -0.1) is 0 Å². The van der Waals surface area contributed by atoms with Gasteiger partial charge in [0, 0.05) is 61.7 Å². The maximum atomic E-state index is 7.01. The molecule has 0 radical (unpaired) electrons. The number of nitrogens with zero attached hydrogens (tertiary/aromatic N) is 2. The molecule has 0 bridgehead atoms. The molecule has 9 aromatic carbocycles. The van der Waals surface area contributed by atoms with Crippen molar-refractivity contribution in [2.45, 2.75) is 71.6 Å². The lowest BCUT2D eigenvalue weighted by Crippen LogP contribution is -2.21. The number of hydrogen-bond donors (Lipinski definition) is 0. The molecule has 0 amide bonds. The van der Waals surface area contributed by atoms with Crippen LogP contribution in [0.15, 0.2) is 210 Å². The van der Waals surface area contributed by atoms with Crippen LogP contribution in [0.1, 0.15) is 85.0 Å². The van der Waals surface area contributed by atoms with Gasteiger partial charge in [0.05, 0.1) is 0 Å². The predicted octanol–water partition coefficient (Wildman–Crippen LogP) is 19.6. The molecule has 10 aromatic rings. The Morgan fingerprint density at radius 2 is 1.07 bits per heavy atom. The summed E-state index contributed by atoms with van der Waals surface area (Å²) in [5.74, 6) is 0.405. The van der Waals surface area contributed by atoms with Crippen LogP contribution in [0.5, 0.6) is 0 Å². The zero-order valence-electron chi connectivity index (χ0n) is 43.6. The van der Waals surface area contributed by atoms with E-state index in [9.17, 15) is 0 Å². The van der Waals surface area contributed by atoms with Gasteiger partial charge in [-0.3, -0.25) is 0 Å². The van der Waals surface area contributed by atoms with Gasteiger partial charge in [0.25, 0.3) is 0 Å². The van der Waals surface area contributed by atoms with E-state index in [1.807, 2.05) is 0 Å². The SMILES string of the molecule is Cc1c(N(C2=CCC3C=CC=CC3=C2)c2ccc3c(c2)C(C)(C)c2ccccc2-3)ccc2cc3c(cc12)oc1cc2c(C)c(N(c4ccc5c(c4)CCC=C5)c4ccc5c(c4)C(C)(C)c4ccccc4-5)ccc2cc13. The van der Waals surface area contributed by atoms with Gasteiger partial charge in [-0.1, -0.05) is 149 Å². The molecular formula is C72H58N2O. The minimum absolute atomic E-state index is 0.114. The minimum Gasteiger partial charge on any atom is -0.456 e. The third kappa shape index (κ3) is 6.53. The average Bonchev–Trinajstić information content (AvgIpc) is 4.05. The zero-order chi connectivity index (χ0) is 50.5. The number of rotatable bonds is 6. The largest absolute Gasteiger partial charge is 0.456 e. The summed E-state index contributed by atoms with van der Waals surface area (Å²) in [7, 11) is 0. The smallest absolute Gasteiger partial charge is 0.136 e. The summed E-state index contributed by atoms with van der Waals surface area (Å²) in [6.07, 6.45) is 21.5. The molecule has 3 heteroatoms. The molecule has 75 heavy (non-hydrogen) atoms. The fraction of sp³-hybridized carbons (Fsp3) is 0.167. The van der Waals surface area contributed by atoms with E-state index in [0.29, 0.717) is 5.92 Å². The van der Waals surface area contributed by atoms with Crippen molar-refractivity contribution in [2.75, 3.05) is 9.80 Å². The second-order valence-corrected chi connectivity index (χ2v) is 22.8. The maximum Gasteiger partial charge on any atom is 0.136 e. The van der Waals surface area contributed by atoms with Crippen molar-refractivity contribution in [3.8, 4) is 22.3 Å². The Morgan fingerprint density at radius 3 is 1.71 bits per heavy atom. The van der Waals surface area contributed by atoms with Gasteiger partial charge < -0.3 is 14.2 Å². The zero-order valence-corrected chi connectivity index (χ0v) is 43.6. The third-order valence-electron chi connectivity index (χ3n) is 18.0. The molecule has 1 atom stereocenters. The molecular weight excluding hydrogens is 909 g/mol. The van der Waals surface area contributed by atoms with Gasteiger partial charge >= 0.3 is 0 Å². The van der Waals surface area contributed by atoms with Gasteiger partial charge in [0.2, 0.25) is 0 Å². The first kappa shape index (κ1) is 44.1. The molecule has 3 nitrogen and oxygen atoms in total. The quantitative estimate of drug-likeness (QED) is 0.166. The van der Waals surface area contributed by atoms with Crippen molar-refractivity contribution in [1.82, 2.24) is 0 Å². The Bertz CT molecular complexity index is 4310. The van der Waals surface area contributed by atoms with Crippen molar-refractivity contribution in [3.63, 3.8) is 0 Å². The molecule has 1 heterocycles. The first-order chi connectivity index (χ1) is 36.5. The fourth-order valence-electron chi connectivity index (χ4n) is 13.9. The van der Waals surface area contributed by atoms with Gasteiger partial charge in [-0.25, -0.2) is 0 Å². The number of hydrogen-bond acceptors (Lipinski definition) is 3. The first-order valence-corrected chi connectivity index (χ1v) is 27.0. The Hall–Kier alpha value is -8.40. The fourth-order valence-corrected chi connectivity index (χ4v) is 13.9. The van der Waals surface area contributed by atoms with Gasteiger partial charge in [0.1, 0.15) is 11.2 Å². The molecule has 5 aliphatic rings. The number of benzene rings is 9. The van der Waals surface area contributed by atoms with E-state index in [2.05, 4.69) is 252 Å². The van der Waals surface area contributed by atoms with Gasteiger partial charge in [-0.05, 0) is 206 Å². The summed E-state index contributed by atoms with van der Waals surface area (Å²) >= 11 is 0. The summed E-state index contributed by atoms with van der Waals surface area (Å²) in [6, 6.07) is 57.8. The van der Waals surface area contributed by atoms with E-state index >= 15 is 0 Å². The van der Waals surface area contributed by atoms with E-state index in [0.717, 1.165) is 41.2 Å². The van der Waals surface area contributed by atoms with Crippen LogP contribution in [0.25, 0.3) is 71.8 Å². The molecule has 0 aliphatic heterocycles. The van der Waals surface area contributed by atoms with Crippen molar-refractivity contribution in [2.24, 2.45) is 5.92 Å². The Kier molecular flexibility index (Phi) is 9.44. The summed E-state index contributed by atoms with van der Waals surface area (Å²) in [4.78, 5) is 5.00. The van der Waals surface area contributed by atoms with E-state index in [1.165, 1.54) is 128 Å². The Morgan fingerprint density at radius 1 is 0.507 bits per heavy atom. The molecule has 362 valence electrons. The van der Waals surface area contributed by atoms with Crippen molar-refractivity contribution in [1.29, 1.82) is 0 Å². The van der Waals surface area contributed by atoms with Crippen LogP contribution in [-0.2, 0) is 17.3 Å². The molecule has 0 N–H and O–H groups in total. The topological polar surface area (TPSA) is 19.6 Å². The highest BCUT2D eigenvalue weighted by atomic mass is 16.3. The number of aryl methyl sites for hydroxylation is 3. The monoisotopic (exact) mass is 966 g/mol. The van der Waals surface area contributed by atoms with Crippen LogP contribution in [0.2, 0.25) is 0 Å². The summed E-state index contributed by atoms with van der Waals surface area (Å²) in [6.45, 7) is 14.1. The highest BCUT2D eigenvalue weighted by Crippen LogP contribution is 2.53. The molecule has 0 spiro atoms. The predicted molar refractivity (Wildman–Crippen MR) is 317 cm³/mol. The van der Waals surface area contributed by atoms with Crippen LogP contribution in [0, 0.1) is 19.8 Å². The van der Waals surface area contributed by atoms with Crippen LogP contribution in [0.4, 0.5) is 28.4 Å². The van der Waals surface area contributed by atoms with Gasteiger partial charge in [-0.2, -0.15) is 0 Å². The number of fused-ring (bicyclic) bond motifs is 13. The van der Waals surface area contributed by atoms with Crippen molar-refractivity contribution >= 4 is 78.0 Å². The number of allylic oxidation sites excluding steroid dienone is 8. The second kappa shape index (κ2) is 16.1. The summed E-state index contributed by atoms with van der Waals surface area (Å²) in [5, 5.41) is 7.08. The number of furan rings is 1. The third-order valence-corrected chi connectivity index (χ3v) is 18.0. The first-order valence-electron chi connectivity index (χ1n) is 27.0. The minimum atomic E-state index is -0.115. The molecule has 15 rings (SSSR count). The van der Waals surface area contributed by atoms with E-state index in [1.54, 1.807) is 0 Å². The molecule has 1 aromatic heterocycles. The maximum absolute atomic E-state index is 7.01.